The van der Waals surface area contributed by atoms with Crippen LogP contribution in [0.3, 0.4) is 0 Å². The van der Waals surface area contributed by atoms with Crippen molar-refractivity contribution in [3.05, 3.63) is 6.61 Å². The maximum Gasteiger partial charge on any atom is 0.302 e. The van der Waals surface area contributed by atoms with Crippen LogP contribution in [0.15, 0.2) is 0 Å². The molecule has 0 bridgehead atoms. The summed E-state index contributed by atoms with van der Waals surface area (Å²) in [6.07, 6.45) is -0.405. The van der Waals surface area contributed by atoms with E-state index in [2.05, 4.69) is 38.4 Å². The molecule has 0 amide bonds. The molecule has 0 aromatic rings. The first-order valence-corrected chi connectivity index (χ1v) is 9.78. The van der Waals surface area contributed by atoms with E-state index in [1.807, 2.05) is 6.92 Å². The molecule has 148 valence electrons. The standard InChI is InChI=1S/C17H30N2O5P.U/c1-12(2)19(13(3)4)25(22-9-7-8-18)23-11-16-17(24-15(6)20)14(5)10-21-16;/h10,12-14,16-17H,7,9,11H2,1-6H3;/q-1;. The summed E-state index contributed by atoms with van der Waals surface area (Å²) in [5.74, 6) is -0.325. The first kappa shape index (κ1) is 26.3. The molecule has 26 heavy (non-hydrogen) atoms. The molecule has 0 spiro atoms. The Bertz CT molecular complexity index is 453. The molecular weight excluding hydrogens is 581 g/mol. The molecule has 1 rings (SSSR count). The number of hydrogen-bond donors (Lipinski definition) is 0. The fourth-order valence-corrected chi connectivity index (χ4v) is 4.30. The van der Waals surface area contributed by atoms with E-state index in [1.165, 1.54) is 6.92 Å². The molecule has 4 unspecified atom stereocenters. The van der Waals surface area contributed by atoms with E-state index >= 15 is 0 Å². The number of hydrogen-bond acceptors (Lipinski definition) is 7. The maximum atomic E-state index is 11.3. The van der Waals surface area contributed by atoms with Crippen molar-refractivity contribution in [2.45, 2.75) is 72.3 Å². The molecule has 1 aliphatic heterocycles. The van der Waals surface area contributed by atoms with Crippen molar-refractivity contribution in [3.8, 4) is 6.07 Å². The third-order valence-corrected chi connectivity index (χ3v) is 5.74. The summed E-state index contributed by atoms with van der Waals surface area (Å²) in [4.78, 5) is 11.3. The number of esters is 1. The third-order valence-electron chi connectivity index (χ3n) is 3.67. The van der Waals surface area contributed by atoms with Crippen LogP contribution < -0.4 is 0 Å². The minimum absolute atomic E-state index is 0. The van der Waals surface area contributed by atoms with Gasteiger partial charge in [0, 0.05) is 50.1 Å². The predicted octanol–water partition coefficient (Wildman–Crippen LogP) is 3.41. The molecular formula is C17H30N2O5PU-. The second kappa shape index (κ2) is 13.5. The Morgan fingerprint density at radius 3 is 2.42 bits per heavy atom. The van der Waals surface area contributed by atoms with E-state index in [9.17, 15) is 4.79 Å². The second-order valence-electron chi connectivity index (χ2n) is 6.59. The Hall–Kier alpha value is 0.282. The number of carbonyl (C=O) groups excluding carboxylic acids is 1. The molecule has 1 saturated heterocycles. The Morgan fingerprint density at radius 2 is 1.92 bits per heavy atom. The number of ether oxygens (including phenoxy) is 2. The summed E-state index contributed by atoms with van der Waals surface area (Å²) in [6, 6.07) is 2.53. The van der Waals surface area contributed by atoms with E-state index in [4.69, 9.17) is 23.8 Å². The molecule has 9 heteroatoms. The number of nitriles is 1. The third kappa shape index (κ3) is 8.53. The van der Waals surface area contributed by atoms with Crippen molar-refractivity contribution in [1.82, 2.24) is 4.67 Å². The molecule has 0 aromatic carbocycles. The van der Waals surface area contributed by atoms with E-state index in [0.717, 1.165) is 0 Å². The molecule has 7 nitrogen and oxygen atoms in total. The van der Waals surface area contributed by atoms with E-state index in [-0.39, 0.29) is 73.9 Å². The normalized spacial score (nSPS) is 23.8. The zero-order valence-corrected chi connectivity index (χ0v) is 21.5. The quantitative estimate of drug-likeness (QED) is 0.162. The first-order valence-electron chi connectivity index (χ1n) is 8.65. The first-order chi connectivity index (χ1) is 11.8. The minimum Gasteiger partial charge on any atom is -0.545 e. The van der Waals surface area contributed by atoms with Gasteiger partial charge in [0.05, 0.1) is 31.8 Å². The largest absolute Gasteiger partial charge is 0.545 e. The molecule has 1 aliphatic rings. The Balaban J connectivity index is 0.00000625. The van der Waals surface area contributed by atoms with E-state index < -0.39 is 8.53 Å². The van der Waals surface area contributed by atoms with Crippen molar-refractivity contribution in [1.29, 1.82) is 5.26 Å². The van der Waals surface area contributed by atoms with Gasteiger partial charge < -0.3 is 18.5 Å². The van der Waals surface area contributed by atoms with Crippen molar-refractivity contribution in [3.63, 3.8) is 0 Å². The number of carbonyl (C=O) groups is 1. The van der Waals surface area contributed by atoms with Gasteiger partial charge in [-0.2, -0.15) is 5.26 Å². The molecule has 1 fully saturated rings. The van der Waals surface area contributed by atoms with Crippen LogP contribution in [0.25, 0.3) is 0 Å². The summed E-state index contributed by atoms with van der Waals surface area (Å²) in [6.45, 7) is 13.9. The summed E-state index contributed by atoms with van der Waals surface area (Å²) in [5, 5.41) is 8.74. The zero-order valence-electron chi connectivity index (χ0n) is 16.5. The van der Waals surface area contributed by atoms with Gasteiger partial charge in [-0.1, -0.05) is 6.92 Å². The van der Waals surface area contributed by atoms with Crippen LogP contribution in [0.4, 0.5) is 0 Å². The molecule has 0 aromatic heterocycles. The summed E-state index contributed by atoms with van der Waals surface area (Å²) in [5.41, 5.74) is 0. The molecule has 0 aliphatic carbocycles. The van der Waals surface area contributed by atoms with Crippen LogP contribution >= 0.6 is 8.53 Å². The number of rotatable bonds is 10. The maximum absolute atomic E-state index is 11.3. The number of nitrogens with zero attached hydrogens (tertiary/aromatic N) is 2. The van der Waals surface area contributed by atoms with Crippen LogP contribution in [0.5, 0.6) is 0 Å². The molecule has 0 radical (unpaired) electrons. The van der Waals surface area contributed by atoms with Crippen molar-refractivity contribution in [2.24, 2.45) is 5.92 Å². The Labute approximate surface area is 182 Å². The van der Waals surface area contributed by atoms with Crippen LogP contribution in [0.2, 0.25) is 0 Å². The Morgan fingerprint density at radius 1 is 1.31 bits per heavy atom. The van der Waals surface area contributed by atoms with Crippen molar-refractivity contribution >= 4 is 14.5 Å². The fraction of sp³-hybridized carbons (Fsp3) is 0.824. The van der Waals surface area contributed by atoms with Gasteiger partial charge in [0.15, 0.2) is 0 Å². The molecule has 4 atom stereocenters. The minimum atomic E-state index is -1.34. The summed E-state index contributed by atoms with van der Waals surface area (Å²) < 4.78 is 25.0. The molecule has 0 saturated carbocycles. The van der Waals surface area contributed by atoms with E-state index in [0.29, 0.717) is 13.0 Å². The van der Waals surface area contributed by atoms with Gasteiger partial charge in [0.25, 0.3) is 8.53 Å². The SMILES string of the molecule is CC(=O)OC1C(C)[CH-]OC1COP(OCCC#N)N(C(C)C)C(C)C.[U]. The summed E-state index contributed by atoms with van der Waals surface area (Å²) in [7, 11) is -1.34. The van der Waals surface area contributed by atoms with Gasteiger partial charge in [0.2, 0.25) is 0 Å². The van der Waals surface area contributed by atoms with Crippen molar-refractivity contribution in [2.75, 3.05) is 13.2 Å². The zero-order chi connectivity index (χ0) is 19.0. The monoisotopic (exact) mass is 611 g/mol. The van der Waals surface area contributed by atoms with Gasteiger partial charge >= 0.3 is 5.97 Å². The average Bonchev–Trinajstić information content (AvgIpc) is 2.84. The van der Waals surface area contributed by atoms with Gasteiger partial charge in [-0.05, 0) is 27.7 Å². The average molecular weight is 611 g/mol. The topological polar surface area (TPSA) is 81.0 Å². The van der Waals surface area contributed by atoms with Crippen LogP contribution in [0.1, 0.15) is 48.0 Å². The Kier molecular flexibility index (Phi) is 13.6. The predicted molar refractivity (Wildman–Crippen MR) is 95.1 cm³/mol. The van der Waals surface area contributed by atoms with Gasteiger partial charge in [-0.25, -0.2) is 11.3 Å². The smallest absolute Gasteiger partial charge is 0.302 e. The van der Waals surface area contributed by atoms with Gasteiger partial charge in [-0.3, -0.25) is 4.79 Å². The van der Waals surface area contributed by atoms with Crippen LogP contribution in [-0.2, 0) is 23.3 Å². The molecule has 0 N–H and O–H groups in total. The van der Waals surface area contributed by atoms with Crippen LogP contribution in [0, 0.1) is 55.0 Å². The van der Waals surface area contributed by atoms with Gasteiger partial charge in [-0.15, -0.1) is 5.92 Å². The summed E-state index contributed by atoms with van der Waals surface area (Å²) >= 11 is 0. The molecule has 1 heterocycles. The van der Waals surface area contributed by atoms with E-state index in [1.54, 1.807) is 6.61 Å². The second-order valence-corrected chi connectivity index (χ2v) is 8.04. The van der Waals surface area contributed by atoms with Gasteiger partial charge in [0.1, 0.15) is 6.10 Å². The van der Waals surface area contributed by atoms with Crippen LogP contribution in [-0.4, -0.2) is 48.1 Å². The van der Waals surface area contributed by atoms with Crippen molar-refractivity contribution < 1.29 is 54.4 Å². The fourth-order valence-electron chi connectivity index (χ4n) is 2.68.